The van der Waals surface area contributed by atoms with E-state index >= 15 is 0 Å². The van der Waals surface area contributed by atoms with Crippen LogP contribution in [-0.2, 0) is 12.5 Å². The molecule has 1 amide bonds. The van der Waals surface area contributed by atoms with Crippen LogP contribution in [-0.4, -0.2) is 66.6 Å². The molecule has 3 aromatic heterocycles. The first-order valence-electron chi connectivity index (χ1n) is 9.41. The molecular weight excluding hydrogens is 356 g/mol. The average molecular weight is 382 g/mol. The van der Waals surface area contributed by atoms with Crippen LogP contribution in [0, 0.1) is 6.92 Å². The Kier molecular flexibility index (Phi) is 4.13. The summed E-state index contributed by atoms with van der Waals surface area (Å²) in [6, 6.07) is 5.85. The molecule has 9 nitrogen and oxygen atoms in total. The van der Waals surface area contributed by atoms with Gasteiger partial charge in [-0.25, -0.2) is 0 Å². The third kappa shape index (κ3) is 3.00. The molecule has 0 unspecified atom stereocenters. The molecule has 0 radical (unpaired) electrons. The molecule has 28 heavy (non-hydrogen) atoms. The molecule has 148 valence electrons. The first-order valence-corrected chi connectivity index (χ1v) is 9.41. The van der Waals surface area contributed by atoms with Crippen molar-refractivity contribution in [3.8, 4) is 0 Å². The standard InChI is InChI=1S/C19H26N8O/c1-12-9-14(22-25(12)6)17(28)24(5)13-10-26(11-13)16-8-7-15-20-21-18(19(2,3)4)27(15)23-16/h7-9,13H,10-11H2,1-6H3. The molecular formula is C19H26N8O. The van der Waals surface area contributed by atoms with E-state index in [0.717, 1.165) is 36.1 Å². The SMILES string of the molecule is Cc1cc(C(=O)N(C)C2CN(c3ccc4nnc(C(C)(C)C)n4n3)C2)nn1C. The normalized spacial score (nSPS) is 15.1. The van der Waals surface area contributed by atoms with Gasteiger partial charge in [0, 0.05) is 38.3 Å². The summed E-state index contributed by atoms with van der Waals surface area (Å²) in [5.74, 6) is 1.65. The third-order valence-corrected chi connectivity index (χ3v) is 5.31. The Morgan fingerprint density at radius 1 is 1.18 bits per heavy atom. The summed E-state index contributed by atoms with van der Waals surface area (Å²) < 4.78 is 3.54. The number of hydrogen-bond donors (Lipinski definition) is 0. The molecule has 3 aromatic rings. The molecule has 4 rings (SSSR count). The second-order valence-electron chi connectivity index (χ2n) is 8.50. The number of aromatic nitrogens is 6. The van der Waals surface area contributed by atoms with E-state index in [2.05, 4.69) is 41.0 Å². The van der Waals surface area contributed by atoms with Crippen LogP contribution in [0.5, 0.6) is 0 Å². The molecule has 1 fully saturated rings. The minimum atomic E-state index is -0.143. The van der Waals surface area contributed by atoms with Gasteiger partial charge in [0.1, 0.15) is 5.82 Å². The number of aryl methyl sites for hydroxylation is 2. The van der Waals surface area contributed by atoms with Gasteiger partial charge < -0.3 is 9.80 Å². The van der Waals surface area contributed by atoms with Crippen molar-refractivity contribution in [3.05, 3.63) is 35.4 Å². The zero-order chi connectivity index (χ0) is 20.2. The molecule has 1 aliphatic rings. The highest BCUT2D eigenvalue weighted by molar-refractivity contribution is 5.92. The smallest absolute Gasteiger partial charge is 0.274 e. The Morgan fingerprint density at radius 2 is 1.89 bits per heavy atom. The lowest BCUT2D eigenvalue weighted by molar-refractivity contribution is 0.0698. The minimum absolute atomic E-state index is 0.0504. The number of carbonyl (C=O) groups excluding carboxylic acids is 1. The maximum absolute atomic E-state index is 12.7. The number of nitrogens with zero attached hydrogens (tertiary/aromatic N) is 8. The van der Waals surface area contributed by atoms with Crippen LogP contribution in [0.25, 0.3) is 5.65 Å². The van der Waals surface area contributed by atoms with Crippen molar-refractivity contribution in [1.82, 2.24) is 34.5 Å². The molecule has 0 N–H and O–H groups in total. The van der Waals surface area contributed by atoms with E-state index in [1.54, 1.807) is 9.58 Å². The fraction of sp³-hybridized carbons (Fsp3) is 0.526. The third-order valence-electron chi connectivity index (χ3n) is 5.31. The van der Waals surface area contributed by atoms with Gasteiger partial charge >= 0.3 is 0 Å². The highest BCUT2D eigenvalue weighted by Crippen LogP contribution is 2.25. The summed E-state index contributed by atoms with van der Waals surface area (Å²) in [6.07, 6.45) is 0. The van der Waals surface area contributed by atoms with Crippen molar-refractivity contribution in [2.75, 3.05) is 25.0 Å². The Hall–Kier alpha value is -2.97. The van der Waals surface area contributed by atoms with E-state index < -0.39 is 0 Å². The predicted molar refractivity (Wildman–Crippen MR) is 106 cm³/mol. The van der Waals surface area contributed by atoms with Gasteiger partial charge in [0.2, 0.25) is 0 Å². The van der Waals surface area contributed by atoms with Gasteiger partial charge in [-0.2, -0.15) is 9.61 Å². The van der Waals surface area contributed by atoms with Crippen molar-refractivity contribution in [3.63, 3.8) is 0 Å². The molecule has 9 heteroatoms. The molecule has 0 saturated carbocycles. The Morgan fingerprint density at radius 3 is 2.50 bits per heavy atom. The van der Waals surface area contributed by atoms with Crippen LogP contribution >= 0.6 is 0 Å². The van der Waals surface area contributed by atoms with Crippen molar-refractivity contribution < 1.29 is 4.79 Å². The average Bonchev–Trinajstić information content (AvgIpc) is 3.15. The Labute approximate surface area is 163 Å². The summed E-state index contributed by atoms with van der Waals surface area (Å²) in [4.78, 5) is 16.6. The van der Waals surface area contributed by atoms with Gasteiger partial charge in [0.05, 0.1) is 6.04 Å². The topological polar surface area (TPSA) is 84.5 Å². The van der Waals surface area contributed by atoms with Crippen LogP contribution in [0.4, 0.5) is 5.82 Å². The number of anilines is 1. The molecule has 0 atom stereocenters. The first kappa shape index (κ1) is 18.4. The van der Waals surface area contributed by atoms with Crippen LogP contribution in [0.1, 0.15) is 42.8 Å². The van der Waals surface area contributed by atoms with E-state index in [1.807, 2.05) is 43.7 Å². The highest BCUT2D eigenvalue weighted by Gasteiger charge is 2.35. The van der Waals surface area contributed by atoms with Crippen LogP contribution in [0.15, 0.2) is 18.2 Å². The van der Waals surface area contributed by atoms with Gasteiger partial charge in [-0.1, -0.05) is 20.8 Å². The van der Waals surface area contributed by atoms with Crippen molar-refractivity contribution >= 4 is 17.4 Å². The second-order valence-corrected chi connectivity index (χ2v) is 8.50. The van der Waals surface area contributed by atoms with E-state index in [1.165, 1.54) is 0 Å². The quantitative estimate of drug-likeness (QED) is 0.681. The lowest BCUT2D eigenvalue weighted by Crippen LogP contribution is -2.60. The van der Waals surface area contributed by atoms with Gasteiger partial charge in [-0.15, -0.1) is 15.3 Å². The van der Waals surface area contributed by atoms with E-state index in [9.17, 15) is 4.79 Å². The van der Waals surface area contributed by atoms with Gasteiger partial charge in [0.25, 0.3) is 5.91 Å². The molecule has 0 bridgehead atoms. The summed E-state index contributed by atoms with van der Waals surface area (Å²) in [6.45, 7) is 9.69. The number of fused-ring (bicyclic) bond motifs is 1. The zero-order valence-electron chi connectivity index (χ0n) is 17.2. The lowest BCUT2D eigenvalue weighted by Gasteiger charge is -2.44. The molecule has 0 aliphatic carbocycles. The molecule has 0 aromatic carbocycles. The van der Waals surface area contributed by atoms with Crippen LogP contribution in [0.3, 0.4) is 0 Å². The predicted octanol–water partition coefficient (Wildman–Crippen LogP) is 1.42. The monoisotopic (exact) mass is 382 g/mol. The van der Waals surface area contributed by atoms with Crippen molar-refractivity contribution in [1.29, 1.82) is 0 Å². The number of rotatable bonds is 3. The van der Waals surface area contributed by atoms with Crippen molar-refractivity contribution in [2.24, 2.45) is 7.05 Å². The fourth-order valence-corrected chi connectivity index (χ4v) is 3.31. The number of amides is 1. The maximum Gasteiger partial charge on any atom is 0.274 e. The summed E-state index contributed by atoms with van der Waals surface area (Å²) >= 11 is 0. The molecule has 1 aliphatic heterocycles. The Bertz CT molecular complexity index is 1020. The fourth-order valence-electron chi connectivity index (χ4n) is 3.31. The molecule has 0 spiro atoms. The largest absolute Gasteiger partial charge is 0.351 e. The second kappa shape index (κ2) is 6.29. The van der Waals surface area contributed by atoms with Gasteiger partial charge in [0.15, 0.2) is 17.2 Å². The summed E-state index contributed by atoms with van der Waals surface area (Å²) in [5, 5.41) is 17.5. The minimum Gasteiger partial charge on any atom is -0.351 e. The Balaban J connectivity index is 1.48. The van der Waals surface area contributed by atoms with Gasteiger partial charge in [-0.05, 0) is 25.1 Å². The molecule has 1 saturated heterocycles. The van der Waals surface area contributed by atoms with Crippen molar-refractivity contribution in [2.45, 2.75) is 39.2 Å². The number of likely N-dealkylation sites (N-methyl/N-ethyl adjacent to an activating group) is 1. The summed E-state index contributed by atoms with van der Waals surface area (Å²) in [5.41, 5.74) is 2.05. The van der Waals surface area contributed by atoms with Crippen LogP contribution in [0.2, 0.25) is 0 Å². The van der Waals surface area contributed by atoms with E-state index in [0.29, 0.717) is 5.69 Å². The van der Waals surface area contributed by atoms with Crippen LogP contribution < -0.4 is 4.90 Å². The number of carbonyl (C=O) groups is 1. The maximum atomic E-state index is 12.7. The summed E-state index contributed by atoms with van der Waals surface area (Å²) in [7, 11) is 3.68. The zero-order valence-corrected chi connectivity index (χ0v) is 17.2. The van der Waals surface area contributed by atoms with E-state index in [-0.39, 0.29) is 17.4 Å². The van der Waals surface area contributed by atoms with E-state index in [4.69, 9.17) is 5.10 Å². The lowest BCUT2D eigenvalue weighted by atomic mass is 9.96. The first-order chi connectivity index (χ1) is 13.1. The highest BCUT2D eigenvalue weighted by atomic mass is 16.2. The number of hydrogen-bond acceptors (Lipinski definition) is 6. The molecule has 4 heterocycles. The van der Waals surface area contributed by atoms with Gasteiger partial charge in [-0.3, -0.25) is 9.48 Å².